The zero-order valence-electron chi connectivity index (χ0n) is 12.1. The molecule has 1 heterocycles. The minimum atomic E-state index is 0.775. The fourth-order valence-corrected chi connectivity index (χ4v) is 2.03. The van der Waals surface area contributed by atoms with Crippen LogP contribution in [0.1, 0.15) is 25.3 Å². The number of ether oxygens (including phenoxy) is 1. The third kappa shape index (κ3) is 4.70. The molecule has 0 atom stereocenters. The van der Waals surface area contributed by atoms with Crippen molar-refractivity contribution in [1.29, 1.82) is 0 Å². The first-order chi connectivity index (χ1) is 9.90. The molecule has 2 aromatic rings. The predicted octanol–water partition coefficient (Wildman–Crippen LogP) is 2.85. The lowest BCUT2D eigenvalue weighted by molar-refractivity contribution is 0.313. The summed E-state index contributed by atoms with van der Waals surface area (Å²) in [6.45, 7) is 5.74. The molecular weight excluding hydrogens is 250 g/mol. The maximum absolute atomic E-state index is 5.75. The van der Waals surface area contributed by atoms with Crippen molar-refractivity contribution in [2.75, 3.05) is 13.2 Å². The summed E-state index contributed by atoms with van der Waals surface area (Å²) in [6.07, 6.45) is 7.79. The van der Waals surface area contributed by atoms with Crippen LogP contribution in [-0.4, -0.2) is 22.7 Å². The van der Waals surface area contributed by atoms with Crippen molar-refractivity contribution < 1.29 is 4.74 Å². The average Bonchev–Trinajstić information content (AvgIpc) is 2.99. The van der Waals surface area contributed by atoms with E-state index in [-0.39, 0.29) is 0 Å². The van der Waals surface area contributed by atoms with E-state index in [0.29, 0.717) is 0 Å². The number of aryl methyl sites for hydroxylation is 1. The van der Waals surface area contributed by atoms with Gasteiger partial charge in [-0.3, -0.25) is 0 Å². The quantitative estimate of drug-likeness (QED) is 0.714. The monoisotopic (exact) mass is 273 g/mol. The molecule has 0 aliphatic carbocycles. The largest absolute Gasteiger partial charge is 0.493 e. The summed E-state index contributed by atoms with van der Waals surface area (Å²) >= 11 is 0. The number of aromatic nitrogens is 2. The number of imidazole rings is 1. The topological polar surface area (TPSA) is 39.1 Å². The maximum Gasteiger partial charge on any atom is 0.123 e. The molecule has 0 saturated heterocycles. The van der Waals surface area contributed by atoms with Crippen molar-refractivity contribution in [1.82, 2.24) is 14.9 Å². The third-order valence-electron chi connectivity index (χ3n) is 3.08. The highest BCUT2D eigenvalue weighted by Gasteiger charge is 2.01. The van der Waals surface area contributed by atoms with Crippen LogP contribution in [-0.2, 0) is 13.1 Å². The normalized spacial score (nSPS) is 10.7. The van der Waals surface area contributed by atoms with E-state index in [1.807, 2.05) is 30.9 Å². The van der Waals surface area contributed by atoms with E-state index >= 15 is 0 Å². The summed E-state index contributed by atoms with van der Waals surface area (Å²) in [7, 11) is 0. The number of hydrogen-bond acceptors (Lipinski definition) is 3. The zero-order valence-corrected chi connectivity index (χ0v) is 12.1. The SMILES string of the molecule is CCCOc1ccccc1CNCCCn1ccnc1. The molecule has 0 fully saturated rings. The lowest BCUT2D eigenvalue weighted by Crippen LogP contribution is -2.17. The summed E-state index contributed by atoms with van der Waals surface area (Å²) in [4.78, 5) is 4.03. The van der Waals surface area contributed by atoms with Gasteiger partial charge in [-0.25, -0.2) is 4.98 Å². The average molecular weight is 273 g/mol. The molecular formula is C16H23N3O. The van der Waals surface area contributed by atoms with Gasteiger partial charge in [0, 0.05) is 31.0 Å². The molecule has 0 amide bonds. The van der Waals surface area contributed by atoms with E-state index < -0.39 is 0 Å². The van der Waals surface area contributed by atoms with Gasteiger partial charge in [-0.2, -0.15) is 0 Å². The fraction of sp³-hybridized carbons (Fsp3) is 0.438. The van der Waals surface area contributed by atoms with Gasteiger partial charge in [-0.05, 0) is 25.5 Å². The minimum Gasteiger partial charge on any atom is -0.493 e. The zero-order chi connectivity index (χ0) is 14.0. The maximum atomic E-state index is 5.75. The highest BCUT2D eigenvalue weighted by molar-refractivity contribution is 5.33. The van der Waals surface area contributed by atoms with E-state index in [1.54, 1.807) is 0 Å². The number of para-hydroxylation sites is 1. The first kappa shape index (κ1) is 14.6. The second-order valence-electron chi connectivity index (χ2n) is 4.79. The van der Waals surface area contributed by atoms with Gasteiger partial charge in [0.2, 0.25) is 0 Å². The van der Waals surface area contributed by atoms with Gasteiger partial charge in [-0.1, -0.05) is 25.1 Å². The van der Waals surface area contributed by atoms with Crippen molar-refractivity contribution in [3.8, 4) is 5.75 Å². The van der Waals surface area contributed by atoms with Crippen molar-refractivity contribution in [3.63, 3.8) is 0 Å². The smallest absolute Gasteiger partial charge is 0.123 e. The van der Waals surface area contributed by atoms with Crippen LogP contribution in [0.3, 0.4) is 0 Å². The molecule has 0 spiro atoms. The van der Waals surface area contributed by atoms with Crippen LogP contribution in [0, 0.1) is 0 Å². The Morgan fingerprint density at radius 1 is 1.30 bits per heavy atom. The summed E-state index contributed by atoms with van der Waals surface area (Å²) in [5.41, 5.74) is 1.23. The van der Waals surface area contributed by atoms with Crippen LogP contribution in [0.15, 0.2) is 43.0 Å². The van der Waals surface area contributed by atoms with Crippen LogP contribution in [0.2, 0.25) is 0 Å². The molecule has 20 heavy (non-hydrogen) atoms. The molecule has 0 aliphatic rings. The summed E-state index contributed by atoms with van der Waals surface area (Å²) < 4.78 is 7.85. The van der Waals surface area contributed by atoms with Crippen molar-refractivity contribution >= 4 is 0 Å². The first-order valence-electron chi connectivity index (χ1n) is 7.27. The van der Waals surface area contributed by atoms with Gasteiger partial charge in [0.1, 0.15) is 5.75 Å². The standard InChI is InChI=1S/C16H23N3O/c1-2-12-20-16-7-4-3-6-15(16)13-17-8-5-10-19-11-9-18-14-19/h3-4,6-7,9,11,14,17H,2,5,8,10,12-13H2,1H3. The van der Waals surface area contributed by atoms with Crippen LogP contribution in [0.4, 0.5) is 0 Å². The fourth-order valence-electron chi connectivity index (χ4n) is 2.03. The molecule has 0 saturated carbocycles. The lowest BCUT2D eigenvalue weighted by Gasteiger charge is -2.11. The van der Waals surface area contributed by atoms with Gasteiger partial charge in [0.25, 0.3) is 0 Å². The van der Waals surface area contributed by atoms with E-state index in [0.717, 1.165) is 44.8 Å². The van der Waals surface area contributed by atoms with E-state index in [2.05, 4.69) is 33.9 Å². The number of nitrogens with zero attached hydrogens (tertiary/aromatic N) is 2. The third-order valence-corrected chi connectivity index (χ3v) is 3.08. The molecule has 0 bridgehead atoms. The number of nitrogens with one attached hydrogen (secondary N) is 1. The van der Waals surface area contributed by atoms with Crippen molar-refractivity contribution in [3.05, 3.63) is 48.5 Å². The summed E-state index contributed by atoms with van der Waals surface area (Å²) in [6, 6.07) is 8.24. The van der Waals surface area contributed by atoms with Crippen LogP contribution in [0.5, 0.6) is 5.75 Å². The van der Waals surface area contributed by atoms with Crippen molar-refractivity contribution in [2.45, 2.75) is 32.9 Å². The summed E-state index contributed by atoms with van der Waals surface area (Å²) in [5, 5.41) is 3.47. The van der Waals surface area contributed by atoms with Gasteiger partial charge >= 0.3 is 0 Å². The second-order valence-corrected chi connectivity index (χ2v) is 4.79. The van der Waals surface area contributed by atoms with Gasteiger partial charge in [0.05, 0.1) is 12.9 Å². The van der Waals surface area contributed by atoms with Crippen LogP contribution in [0.25, 0.3) is 0 Å². The first-order valence-corrected chi connectivity index (χ1v) is 7.27. The Kier molecular flexibility index (Phi) is 6.11. The Morgan fingerprint density at radius 2 is 2.20 bits per heavy atom. The molecule has 0 aliphatic heterocycles. The molecule has 1 aromatic heterocycles. The number of rotatable bonds is 9. The van der Waals surface area contributed by atoms with Crippen molar-refractivity contribution in [2.24, 2.45) is 0 Å². The Hall–Kier alpha value is -1.81. The summed E-state index contributed by atoms with van der Waals surface area (Å²) in [5.74, 6) is 0.997. The molecule has 1 aromatic carbocycles. The van der Waals surface area contributed by atoms with Gasteiger partial charge in [-0.15, -0.1) is 0 Å². The molecule has 2 rings (SSSR count). The lowest BCUT2D eigenvalue weighted by atomic mass is 10.2. The molecule has 4 nitrogen and oxygen atoms in total. The highest BCUT2D eigenvalue weighted by Crippen LogP contribution is 2.17. The van der Waals surface area contributed by atoms with Gasteiger partial charge in [0.15, 0.2) is 0 Å². The van der Waals surface area contributed by atoms with Crippen LogP contribution < -0.4 is 10.1 Å². The molecule has 1 N–H and O–H groups in total. The Labute approximate surface area is 120 Å². The predicted molar refractivity (Wildman–Crippen MR) is 80.8 cm³/mol. The Bertz CT molecular complexity index is 482. The van der Waals surface area contributed by atoms with E-state index in [9.17, 15) is 0 Å². The molecule has 0 radical (unpaired) electrons. The second kappa shape index (κ2) is 8.38. The number of benzene rings is 1. The van der Waals surface area contributed by atoms with E-state index in [1.165, 1.54) is 5.56 Å². The van der Waals surface area contributed by atoms with E-state index in [4.69, 9.17) is 4.74 Å². The molecule has 0 unspecified atom stereocenters. The molecule has 4 heteroatoms. The van der Waals surface area contributed by atoms with Crippen LogP contribution >= 0.6 is 0 Å². The minimum absolute atomic E-state index is 0.775. The Balaban J connectivity index is 1.70. The Morgan fingerprint density at radius 3 is 3.00 bits per heavy atom. The molecule has 108 valence electrons. The van der Waals surface area contributed by atoms with Gasteiger partial charge < -0.3 is 14.6 Å². The highest BCUT2D eigenvalue weighted by atomic mass is 16.5. The number of hydrogen-bond donors (Lipinski definition) is 1.